The van der Waals surface area contributed by atoms with Crippen molar-refractivity contribution in [1.29, 1.82) is 0 Å². The van der Waals surface area contributed by atoms with E-state index in [4.69, 9.17) is 5.73 Å². The van der Waals surface area contributed by atoms with Crippen LogP contribution in [0, 0.1) is 5.41 Å². The number of amides is 1. The van der Waals surface area contributed by atoms with E-state index >= 15 is 0 Å². The number of nitrogens with two attached hydrogens (primary N) is 1. The molecule has 0 heterocycles. The van der Waals surface area contributed by atoms with Gasteiger partial charge in [-0.05, 0) is 49.3 Å². The van der Waals surface area contributed by atoms with Crippen molar-refractivity contribution in [2.75, 3.05) is 6.54 Å². The Hall–Kier alpha value is -0.870. The summed E-state index contributed by atoms with van der Waals surface area (Å²) in [7, 11) is 0. The van der Waals surface area contributed by atoms with E-state index in [0.717, 1.165) is 23.0 Å². The normalized spacial score (nSPS) is 19.8. The Morgan fingerprint density at radius 3 is 2.45 bits per heavy atom. The van der Waals surface area contributed by atoms with Gasteiger partial charge in [-0.25, -0.2) is 0 Å². The van der Waals surface area contributed by atoms with Crippen LogP contribution in [0.5, 0.6) is 0 Å². The van der Waals surface area contributed by atoms with Crippen LogP contribution in [0.15, 0.2) is 28.7 Å². The van der Waals surface area contributed by atoms with Gasteiger partial charge in [0.15, 0.2) is 0 Å². The minimum atomic E-state index is -0.987. The molecule has 1 atom stereocenters. The van der Waals surface area contributed by atoms with Crippen LogP contribution < -0.4 is 11.1 Å². The van der Waals surface area contributed by atoms with Crippen LogP contribution in [0.2, 0.25) is 0 Å². The van der Waals surface area contributed by atoms with Gasteiger partial charge in [-0.3, -0.25) is 4.79 Å². The molecule has 1 aliphatic rings. The summed E-state index contributed by atoms with van der Waals surface area (Å²) in [5.74, 6) is -0.0976. The van der Waals surface area contributed by atoms with Crippen molar-refractivity contribution in [3.8, 4) is 0 Å². The van der Waals surface area contributed by atoms with E-state index < -0.39 is 5.54 Å². The van der Waals surface area contributed by atoms with Gasteiger partial charge in [-0.15, -0.1) is 0 Å². The number of hydrogen-bond acceptors (Lipinski definition) is 2. The molecule has 0 aromatic heterocycles. The number of carbonyl (C=O) groups excluding carboxylic acids is 1. The highest BCUT2D eigenvalue weighted by atomic mass is 79.9. The van der Waals surface area contributed by atoms with Crippen LogP contribution in [-0.2, 0) is 10.3 Å². The maximum atomic E-state index is 12.4. The first-order valence-corrected chi connectivity index (χ1v) is 8.02. The Balaban J connectivity index is 2.01. The molecule has 1 aromatic carbocycles. The highest BCUT2D eigenvalue weighted by Gasteiger charge is 2.37. The fourth-order valence-electron chi connectivity index (χ4n) is 2.71. The Morgan fingerprint density at radius 2 is 2.00 bits per heavy atom. The van der Waals surface area contributed by atoms with Gasteiger partial charge >= 0.3 is 0 Å². The summed E-state index contributed by atoms with van der Waals surface area (Å²) >= 11 is 3.39. The summed E-state index contributed by atoms with van der Waals surface area (Å²) < 4.78 is 0.983. The number of halogens is 1. The van der Waals surface area contributed by atoms with Crippen LogP contribution in [0.4, 0.5) is 0 Å². The summed E-state index contributed by atoms with van der Waals surface area (Å²) in [6.45, 7) is 4.71. The molecule has 0 bridgehead atoms. The van der Waals surface area contributed by atoms with Crippen LogP contribution in [-0.4, -0.2) is 12.5 Å². The van der Waals surface area contributed by atoms with Crippen molar-refractivity contribution in [3.05, 3.63) is 34.3 Å². The molecule has 2 rings (SSSR count). The van der Waals surface area contributed by atoms with Crippen molar-refractivity contribution in [2.45, 2.75) is 45.1 Å². The smallest absolute Gasteiger partial charge is 0.244 e. The quantitative estimate of drug-likeness (QED) is 0.865. The Morgan fingerprint density at radius 1 is 1.40 bits per heavy atom. The van der Waals surface area contributed by atoms with Crippen LogP contribution in [0.25, 0.3) is 0 Å². The van der Waals surface area contributed by atoms with E-state index in [2.05, 4.69) is 28.2 Å². The maximum absolute atomic E-state index is 12.4. The molecule has 3 nitrogen and oxygen atoms in total. The summed E-state index contributed by atoms with van der Waals surface area (Å²) in [5, 5.41) is 3.05. The van der Waals surface area contributed by atoms with Crippen LogP contribution >= 0.6 is 15.9 Å². The van der Waals surface area contributed by atoms with Crippen molar-refractivity contribution >= 4 is 21.8 Å². The molecule has 0 radical (unpaired) electrons. The maximum Gasteiger partial charge on any atom is 0.244 e. The van der Waals surface area contributed by atoms with Crippen molar-refractivity contribution in [2.24, 2.45) is 11.1 Å². The third kappa shape index (κ3) is 3.07. The largest absolute Gasteiger partial charge is 0.354 e. The van der Waals surface area contributed by atoms with Gasteiger partial charge in [0.05, 0.1) is 0 Å². The zero-order valence-corrected chi connectivity index (χ0v) is 13.8. The molecule has 1 fully saturated rings. The highest BCUT2D eigenvalue weighted by molar-refractivity contribution is 9.10. The van der Waals surface area contributed by atoms with E-state index in [0.29, 0.717) is 5.41 Å². The molecule has 0 saturated heterocycles. The molecule has 1 saturated carbocycles. The van der Waals surface area contributed by atoms with Gasteiger partial charge in [-0.2, -0.15) is 0 Å². The third-order valence-corrected chi connectivity index (χ3v) is 5.23. The van der Waals surface area contributed by atoms with Crippen LogP contribution in [0.3, 0.4) is 0 Å². The molecule has 1 aliphatic carbocycles. The minimum absolute atomic E-state index is 0.0976. The molecule has 0 aliphatic heterocycles. The van der Waals surface area contributed by atoms with Gasteiger partial charge in [0.25, 0.3) is 0 Å². The number of hydrogen-bond donors (Lipinski definition) is 2. The second-order valence-corrected chi connectivity index (χ2v) is 7.01. The number of nitrogens with one attached hydrogen (secondary N) is 1. The van der Waals surface area contributed by atoms with Gasteiger partial charge in [-0.1, -0.05) is 41.4 Å². The number of rotatable bonds is 5. The van der Waals surface area contributed by atoms with Gasteiger partial charge in [0, 0.05) is 11.0 Å². The Bertz CT molecular complexity index is 472. The Labute approximate surface area is 129 Å². The van der Waals surface area contributed by atoms with E-state index in [-0.39, 0.29) is 5.91 Å². The molecule has 1 amide bonds. The standard InChI is InChI=1S/C16H23BrN2O/c1-3-16(9-4-10-16)11-19-14(20)15(2,18)12-5-7-13(17)8-6-12/h5-8H,3-4,9-11,18H2,1-2H3,(H,19,20). The fraction of sp³-hybridized carbons (Fsp3) is 0.562. The van der Waals surface area contributed by atoms with Crippen LogP contribution in [0.1, 0.15) is 45.1 Å². The lowest BCUT2D eigenvalue weighted by atomic mass is 9.67. The molecule has 4 heteroatoms. The molecule has 3 N–H and O–H groups in total. The Kier molecular flexibility index (Phi) is 4.55. The highest BCUT2D eigenvalue weighted by Crippen LogP contribution is 2.43. The van der Waals surface area contributed by atoms with Crippen molar-refractivity contribution < 1.29 is 4.79 Å². The monoisotopic (exact) mass is 338 g/mol. The molecule has 20 heavy (non-hydrogen) atoms. The molecule has 0 spiro atoms. The van der Waals surface area contributed by atoms with E-state index in [1.54, 1.807) is 6.92 Å². The van der Waals surface area contributed by atoms with Gasteiger partial charge < -0.3 is 11.1 Å². The average molecular weight is 339 g/mol. The molecule has 1 unspecified atom stereocenters. The van der Waals surface area contributed by atoms with Gasteiger partial charge in [0.1, 0.15) is 5.54 Å². The van der Waals surface area contributed by atoms with Crippen molar-refractivity contribution in [3.63, 3.8) is 0 Å². The first-order chi connectivity index (χ1) is 9.39. The zero-order chi connectivity index (χ0) is 14.8. The second kappa shape index (κ2) is 5.86. The first kappa shape index (κ1) is 15.5. The predicted octanol–water partition coefficient (Wildman–Crippen LogP) is 3.32. The van der Waals surface area contributed by atoms with E-state index in [1.807, 2.05) is 24.3 Å². The lowest BCUT2D eigenvalue weighted by Gasteiger charge is -2.42. The van der Waals surface area contributed by atoms with Gasteiger partial charge in [0.2, 0.25) is 5.91 Å². The topological polar surface area (TPSA) is 55.1 Å². The van der Waals surface area contributed by atoms with Crippen molar-refractivity contribution in [1.82, 2.24) is 5.32 Å². The second-order valence-electron chi connectivity index (χ2n) is 6.10. The first-order valence-electron chi connectivity index (χ1n) is 7.23. The third-order valence-electron chi connectivity index (χ3n) is 4.70. The van der Waals surface area contributed by atoms with E-state index in [9.17, 15) is 4.79 Å². The lowest BCUT2D eigenvalue weighted by Crippen LogP contribution is -2.52. The fourth-order valence-corrected chi connectivity index (χ4v) is 2.98. The summed E-state index contributed by atoms with van der Waals surface area (Å²) in [5.41, 5.74) is 6.39. The lowest BCUT2D eigenvalue weighted by molar-refractivity contribution is -0.127. The molecular formula is C16H23BrN2O. The number of benzene rings is 1. The SMILES string of the molecule is CCC1(CNC(=O)C(C)(N)c2ccc(Br)cc2)CCC1. The summed E-state index contributed by atoms with van der Waals surface area (Å²) in [6, 6.07) is 7.60. The van der Waals surface area contributed by atoms with E-state index in [1.165, 1.54) is 19.3 Å². The summed E-state index contributed by atoms with van der Waals surface area (Å²) in [4.78, 5) is 12.4. The number of carbonyl (C=O) groups is 1. The average Bonchev–Trinajstić information content (AvgIpc) is 2.38. The molecule has 110 valence electrons. The molecular weight excluding hydrogens is 316 g/mol. The zero-order valence-electron chi connectivity index (χ0n) is 12.2. The predicted molar refractivity (Wildman–Crippen MR) is 85.3 cm³/mol. The molecule has 1 aromatic rings. The summed E-state index contributed by atoms with van der Waals surface area (Å²) in [6.07, 6.45) is 4.82. The minimum Gasteiger partial charge on any atom is -0.354 e.